The van der Waals surface area contributed by atoms with Gasteiger partial charge in [-0.2, -0.15) is 0 Å². The lowest BCUT2D eigenvalue weighted by atomic mass is 10.3. The molecular weight excluding hydrogens is 324 g/mol. The molecule has 0 fully saturated rings. The van der Waals surface area contributed by atoms with E-state index in [2.05, 4.69) is 10.0 Å². The van der Waals surface area contributed by atoms with Crippen molar-refractivity contribution in [2.75, 3.05) is 13.3 Å². The molecule has 0 atom stereocenters. The van der Waals surface area contributed by atoms with Crippen LogP contribution in [0.1, 0.15) is 5.76 Å². The fourth-order valence-electron chi connectivity index (χ4n) is 1.95. The van der Waals surface area contributed by atoms with Crippen molar-refractivity contribution in [2.45, 2.75) is 11.4 Å². The first kappa shape index (κ1) is 15.4. The van der Waals surface area contributed by atoms with E-state index in [4.69, 9.17) is 13.9 Å². The molecule has 1 amide bonds. The zero-order chi connectivity index (χ0) is 16.3. The highest BCUT2D eigenvalue weighted by Crippen LogP contribution is 2.33. The summed E-state index contributed by atoms with van der Waals surface area (Å²) in [4.78, 5) is 11.7. The number of benzene rings is 1. The summed E-state index contributed by atoms with van der Waals surface area (Å²) in [7, 11) is -3.82. The third kappa shape index (κ3) is 3.63. The van der Waals surface area contributed by atoms with Crippen molar-refractivity contribution < 1.29 is 27.1 Å². The summed E-state index contributed by atoms with van der Waals surface area (Å²) in [6.07, 6.45) is 1.49. The molecule has 3 rings (SSSR count). The molecular formula is C14H14N2O6S. The van der Waals surface area contributed by atoms with E-state index < -0.39 is 15.9 Å². The highest BCUT2D eigenvalue weighted by Gasteiger charge is 2.20. The molecule has 0 unspecified atom stereocenters. The molecule has 2 aromatic rings. The molecule has 1 aliphatic rings. The van der Waals surface area contributed by atoms with Crippen LogP contribution in [-0.4, -0.2) is 27.7 Å². The molecule has 122 valence electrons. The quantitative estimate of drug-likeness (QED) is 0.799. The van der Waals surface area contributed by atoms with E-state index in [1.807, 2.05) is 0 Å². The first-order valence-electron chi connectivity index (χ1n) is 6.73. The van der Waals surface area contributed by atoms with E-state index in [0.717, 1.165) is 0 Å². The van der Waals surface area contributed by atoms with Crippen LogP contribution in [0.4, 0.5) is 0 Å². The van der Waals surface area contributed by atoms with Gasteiger partial charge in [-0.15, -0.1) is 0 Å². The molecule has 0 spiro atoms. The van der Waals surface area contributed by atoms with Gasteiger partial charge in [0.2, 0.25) is 22.7 Å². The Hall–Kier alpha value is -2.52. The lowest BCUT2D eigenvalue weighted by molar-refractivity contribution is -0.120. The minimum Gasteiger partial charge on any atom is -0.467 e. The molecule has 0 aliphatic carbocycles. The number of fused-ring (bicyclic) bond motifs is 1. The Morgan fingerprint density at radius 2 is 2.00 bits per heavy atom. The maximum absolute atomic E-state index is 12.2. The van der Waals surface area contributed by atoms with Gasteiger partial charge < -0.3 is 19.2 Å². The standard InChI is InChI=1S/C14H14N2O6S/c17-14(15-7-10-2-1-5-20-10)8-16-23(18,19)11-3-4-12-13(6-11)22-9-21-12/h1-6,16H,7-9H2,(H,15,17). The Bertz CT molecular complexity index is 801. The van der Waals surface area contributed by atoms with Gasteiger partial charge in [-0.05, 0) is 24.3 Å². The predicted molar refractivity (Wildman–Crippen MR) is 78.3 cm³/mol. The maximum Gasteiger partial charge on any atom is 0.241 e. The number of furan rings is 1. The monoisotopic (exact) mass is 338 g/mol. The topological polar surface area (TPSA) is 107 Å². The molecule has 0 radical (unpaired) electrons. The Morgan fingerprint density at radius 3 is 2.78 bits per heavy atom. The minimum atomic E-state index is -3.82. The molecule has 1 aromatic carbocycles. The van der Waals surface area contributed by atoms with Crippen LogP contribution in [0.3, 0.4) is 0 Å². The van der Waals surface area contributed by atoms with Crippen LogP contribution < -0.4 is 19.5 Å². The molecule has 0 saturated heterocycles. The van der Waals surface area contributed by atoms with Gasteiger partial charge in [0.05, 0.1) is 24.2 Å². The van der Waals surface area contributed by atoms with Crippen LogP contribution in [0, 0.1) is 0 Å². The average Bonchev–Trinajstić information content (AvgIpc) is 3.21. The van der Waals surface area contributed by atoms with Crippen molar-refractivity contribution >= 4 is 15.9 Å². The minimum absolute atomic E-state index is 0.000541. The van der Waals surface area contributed by atoms with Crippen LogP contribution in [0.5, 0.6) is 11.5 Å². The average molecular weight is 338 g/mol. The van der Waals surface area contributed by atoms with Gasteiger partial charge in [-0.1, -0.05) is 0 Å². The van der Waals surface area contributed by atoms with Gasteiger partial charge in [0.15, 0.2) is 11.5 Å². The van der Waals surface area contributed by atoms with E-state index in [-0.39, 0.29) is 24.8 Å². The second-order valence-corrected chi connectivity index (χ2v) is 6.46. The van der Waals surface area contributed by atoms with Crippen LogP contribution in [0.15, 0.2) is 45.9 Å². The third-order valence-electron chi connectivity index (χ3n) is 3.12. The second kappa shape index (κ2) is 6.31. The Balaban J connectivity index is 1.57. The summed E-state index contributed by atoms with van der Waals surface area (Å²) in [5, 5.41) is 2.55. The Morgan fingerprint density at radius 1 is 1.17 bits per heavy atom. The first-order valence-corrected chi connectivity index (χ1v) is 8.21. The van der Waals surface area contributed by atoms with Crippen LogP contribution in [-0.2, 0) is 21.4 Å². The van der Waals surface area contributed by atoms with Gasteiger partial charge in [0, 0.05) is 6.07 Å². The molecule has 2 heterocycles. The van der Waals surface area contributed by atoms with Gasteiger partial charge in [0.1, 0.15) is 5.76 Å². The molecule has 1 aliphatic heterocycles. The van der Waals surface area contributed by atoms with Crippen LogP contribution in [0.2, 0.25) is 0 Å². The summed E-state index contributed by atoms with van der Waals surface area (Å²) >= 11 is 0. The molecule has 1 aromatic heterocycles. The molecule has 0 saturated carbocycles. The summed E-state index contributed by atoms with van der Waals surface area (Å²) in [6.45, 7) is -0.128. The fourth-order valence-corrected chi connectivity index (χ4v) is 2.95. The highest BCUT2D eigenvalue weighted by atomic mass is 32.2. The van der Waals surface area contributed by atoms with Crippen molar-refractivity contribution in [3.05, 3.63) is 42.4 Å². The number of hydrogen-bond donors (Lipinski definition) is 2. The smallest absolute Gasteiger partial charge is 0.241 e. The summed E-state index contributed by atoms with van der Waals surface area (Å²) in [5.41, 5.74) is 0. The van der Waals surface area contributed by atoms with E-state index >= 15 is 0 Å². The highest BCUT2D eigenvalue weighted by molar-refractivity contribution is 7.89. The zero-order valence-corrected chi connectivity index (χ0v) is 12.8. The molecule has 0 bridgehead atoms. The van der Waals surface area contributed by atoms with Crippen molar-refractivity contribution in [3.63, 3.8) is 0 Å². The lowest BCUT2D eigenvalue weighted by Gasteiger charge is -2.08. The van der Waals surface area contributed by atoms with E-state index in [1.165, 1.54) is 24.5 Å². The first-order chi connectivity index (χ1) is 11.0. The van der Waals surface area contributed by atoms with Gasteiger partial charge in [-0.25, -0.2) is 13.1 Å². The van der Waals surface area contributed by atoms with E-state index in [1.54, 1.807) is 12.1 Å². The maximum atomic E-state index is 12.2. The van der Waals surface area contributed by atoms with Gasteiger partial charge in [0.25, 0.3) is 0 Å². The number of hydrogen-bond acceptors (Lipinski definition) is 6. The molecule has 23 heavy (non-hydrogen) atoms. The van der Waals surface area contributed by atoms with Gasteiger partial charge in [-0.3, -0.25) is 4.79 Å². The number of carbonyl (C=O) groups excluding carboxylic acids is 1. The van der Waals surface area contributed by atoms with Crippen molar-refractivity contribution in [2.24, 2.45) is 0 Å². The van der Waals surface area contributed by atoms with E-state index in [0.29, 0.717) is 17.3 Å². The largest absolute Gasteiger partial charge is 0.467 e. The predicted octanol–water partition coefficient (Wildman–Crippen LogP) is 0.603. The molecule has 2 N–H and O–H groups in total. The van der Waals surface area contributed by atoms with E-state index in [9.17, 15) is 13.2 Å². The number of rotatable bonds is 6. The number of amides is 1. The summed E-state index contributed by atoms with van der Waals surface area (Å²) in [5.74, 6) is 0.956. The SMILES string of the molecule is O=C(CNS(=O)(=O)c1ccc2c(c1)OCO2)NCc1ccco1. The van der Waals surface area contributed by atoms with Crippen molar-refractivity contribution in [1.29, 1.82) is 0 Å². The number of carbonyl (C=O) groups is 1. The Labute approximate surface area is 132 Å². The van der Waals surface area contributed by atoms with Gasteiger partial charge >= 0.3 is 0 Å². The fraction of sp³-hybridized carbons (Fsp3) is 0.214. The lowest BCUT2D eigenvalue weighted by Crippen LogP contribution is -2.36. The number of nitrogens with one attached hydrogen (secondary N) is 2. The third-order valence-corrected chi connectivity index (χ3v) is 4.52. The van der Waals surface area contributed by atoms with Crippen molar-refractivity contribution in [3.8, 4) is 11.5 Å². The number of ether oxygens (including phenoxy) is 2. The Kier molecular flexibility index (Phi) is 4.22. The zero-order valence-electron chi connectivity index (χ0n) is 11.9. The number of sulfonamides is 1. The second-order valence-electron chi connectivity index (χ2n) is 4.70. The molecule has 9 heteroatoms. The van der Waals surface area contributed by atoms with Crippen LogP contribution in [0.25, 0.3) is 0 Å². The van der Waals surface area contributed by atoms with Crippen LogP contribution >= 0.6 is 0 Å². The van der Waals surface area contributed by atoms with Crippen molar-refractivity contribution in [1.82, 2.24) is 10.0 Å². The molecule has 8 nitrogen and oxygen atoms in total. The summed E-state index contributed by atoms with van der Waals surface area (Å²) < 4.78 is 41.9. The normalized spacial score (nSPS) is 13.0. The summed E-state index contributed by atoms with van der Waals surface area (Å²) in [6, 6.07) is 7.65.